The Morgan fingerprint density at radius 2 is 1.93 bits per heavy atom. The summed E-state index contributed by atoms with van der Waals surface area (Å²) in [7, 11) is 3.18. The third-order valence-corrected chi connectivity index (χ3v) is 7.36. The Balaban J connectivity index is 1.53. The van der Waals surface area contributed by atoms with Crippen molar-refractivity contribution in [2.24, 2.45) is 0 Å². The second-order valence-electron chi connectivity index (χ2n) is 11.4. The fourth-order valence-electron chi connectivity index (χ4n) is 5.00. The van der Waals surface area contributed by atoms with Crippen molar-refractivity contribution < 1.29 is 23.8 Å². The number of pyridine rings is 1. The molecule has 1 aliphatic carbocycles. The molecule has 0 radical (unpaired) electrons. The lowest BCUT2D eigenvalue weighted by Gasteiger charge is -2.35. The summed E-state index contributed by atoms with van der Waals surface area (Å²) in [5, 5.41) is 10.7. The summed E-state index contributed by atoms with van der Waals surface area (Å²) in [6.45, 7) is 6.53. The Kier molecular flexibility index (Phi) is 8.00. The summed E-state index contributed by atoms with van der Waals surface area (Å²) < 4.78 is 19.5. The quantitative estimate of drug-likeness (QED) is 0.440. The van der Waals surface area contributed by atoms with E-state index in [1.165, 1.54) is 15.6 Å². The van der Waals surface area contributed by atoms with E-state index in [0.717, 1.165) is 25.7 Å². The first-order valence-electron chi connectivity index (χ1n) is 13.8. The number of anilines is 3. The predicted octanol–water partition coefficient (Wildman–Crippen LogP) is 3.26. The van der Waals surface area contributed by atoms with Crippen molar-refractivity contribution in [1.29, 1.82) is 0 Å². The van der Waals surface area contributed by atoms with E-state index in [4.69, 9.17) is 14.2 Å². The third-order valence-electron chi connectivity index (χ3n) is 7.36. The molecule has 2 atom stereocenters. The molecule has 3 aromatic heterocycles. The lowest BCUT2D eigenvalue weighted by Crippen LogP contribution is -2.51. The van der Waals surface area contributed by atoms with Gasteiger partial charge >= 0.3 is 6.09 Å². The van der Waals surface area contributed by atoms with Crippen molar-refractivity contribution in [1.82, 2.24) is 24.5 Å². The van der Waals surface area contributed by atoms with Crippen LogP contribution in [0.25, 0.3) is 5.65 Å². The topological polar surface area (TPSA) is 141 Å². The highest BCUT2D eigenvalue weighted by atomic mass is 16.6. The minimum atomic E-state index is -0.726. The van der Waals surface area contributed by atoms with Gasteiger partial charge in [-0.05, 0) is 58.6 Å². The summed E-state index contributed by atoms with van der Waals surface area (Å²) in [4.78, 5) is 45.4. The van der Waals surface area contributed by atoms with Crippen LogP contribution < -0.4 is 21.1 Å². The third kappa shape index (κ3) is 6.05. The van der Waals surface area contributed by atoms with E-state index in [-0.39, 0.29) is 46.8 Å². The first kappa shape index (κ1) is 28.6. The zero-order valence-electron chi connectivity index (χ0n) is 24.0. The van der Waals surface area contributed by atoms with Gasteiger partial charge in [0.2, 0.25) is 0 Å². The highest BCUT2D eigenvalue weighted by Crippen LogP contribution is 2.28. The Labute approximate surface area is 237 Å². The number of aromatic nitrogens is 4. The van der Waals surface area contributed by atoms with Crippen LogP contribution in [0.3, 0.4) is 0 Å². The van der Waals surface area contributed by atoms with Crippen molar-refractivity contribution in [3.05, 3.63) is 46.6 Å². The van der Waals surface area contributed by atoms with Gasteiger partial charge < -0.3 is 29.4 Å². The number of hydrogen-bond acceptors (Lipinski definition) is 9. The van der Waals surface area contributed by atoms with Crippen LogP contribution in [0.1, 0.15) is 63.0 Å². The van der Waals surface area contributed by atoms with Crippen molar-refractivity contribution in [2.45, 2.75) is 70.2 Å². The number of rotatable bonds is 7. The number of carbonyl (C=O) groups is 2. The number of hydrogen-bond donors (Lipinski definition) is 2. The van der Waals surface area contributed by atoms with Crippen LogP contribution in [0.5, 0.6) is 0 Å². The van der Waals surface area contributed by atoms with Crippen LogP contribution >= 0.6 is 0 Å². The number of methoxy groups -OCH3 is 1. The highest BCUT2D eigenvalue weighted by Gasteiger charge is 2.33. The van der Waals surface area contributed by atoms with Gasteiger partial charge in [-0.3, -0.25) is 14.5 Å². The molecule has 4 heterocycles. The smallest absolute Gasteiger partial charge is 0.414 e. The summed E-state index contributed by atoms with van der Waals surface area (Å²) in [5.41, 5.74) is 0.170. The average molecular weight is 568 g/mol. The predicted molar refractivity (Wildman–Crippen MR) is 152 cm³/mol. The molecule has 2 fully saturated rings. The number of nitrogens with one attached hydrogen (secondary N) is 2. The SMILES string of the molecule is CO[C@H]1CCC1NC(=O)c1cnc2c(N(C)C(=O)OC(C)(C)C)cc(Nc3cccn(C4CCOCC4)c3=O)nn12. The van der Waals surface area contributed by atoms with E-state index in [1.54, 1.807) is 63.9 Å². The van der Waals surface area contributed by atoms with Gasteiger partial charge in [-0.15, -0.1) is 5.10 Å². The molecule has 13 heteroatoms. The van der Waals surface area contributed by atoms with Gasteiger partial charge in [0, 0.05) is 45.7 Å². The van der Waals surface area contributed by atoms with Crippen LogP contribution in [0, 0.1) is 0 Å². The van der Waals surface area contributed by atoms with Gasteiger partial charge in [0.1, 0.15) is 11.3 Å². The molecule has 5 rings (SSSR count). The second-order valence-corrected chi connectivity index (χ2v) is 11.4. The largest absolute Gasteiger partial charge is 0.443 e. The molecule has 13 nitrogen and oxygen atoms in total. The van der Waals surface area contributed by atoms with Crippen LogP contribution in [0.15, 0.2) is 35.4 Å². The number of ether oxygens (including phenoxy) is 3. The minimum absolute atomic E-state index is 0.0358. The van der Waals surface area contributed by atoms with E-state index in [2.05, 4.69) is 20.7 Å². The maximum atomic E-state index is 13.4. The van der Waals surface area contributed by atoms with Crippen molar-refractivity contribution in [2.75, 3.05) is 37.6 Å². The van der Waals surface area contributed by atoms with Crippen LogP contribution in [-0.2, 0) is 14.2 Å². The number of nitrogens with zero attached hydrogens (tertiary/aromatic N) is 5. The first-order chi connectivity index (χ1) is 19.6. The summed E-state index contributed by atoms with van der Waals surface area (Å²) >= 11 is 0. The standard InChI is InChI=1S/C28H37N7O6/c1-28(2,3)41-27(38)33(4)20-15-23(30-19-7-6-12-34(26(19)37)17-10-13-40-14-11-17)32-35-21(16-29-24(20)35)25(36)31-18-8-9-22(18)39-5/h6-7,12,15-18,22H,8-11,13-14H2,1-5H3,(H,30,32)(H,31,36)/t18?,22-/m0/s1. The zero-order valence-corrected chi connectivity index (χ0v) is 24.0. The Morgan fingerprint density at radius 1 is 1.17 bits per heavy atom. The molecule has 41 heavy (non-hydrogen) atoms. The Morgan fingerprint density at radius 3 is 2.59 bits per heavy atom. The van der Waals surface area contributed by atoms with Gasteiger partial charge in [-0.2, -0.15) is 0 Å². The van der Waals surface area contributed by atoms with E-state index in [1.807, 2.05) is 0 Å². The molecule has 1 saturated carbocycles. The Hall–Kier alpha value is -3.97. The monoisotopic (exact) mass is 567 g/mol. The molecule has 0 aromatic carbocycles. The Bertz CT molecular complexity index is 1490. The summed E-state index contributed by atoms with van der Waals surface area (Å²) in [6.07, 6.45) is 5.70. The molecule has 2 N–H and O–H groups in total. The first-order valence-corrected chi connectivity index (χ1v) is 13.8. The molecule has 220 valence electrons. The van der Waals surface area contributed by atoms with Gasteiger partial charge in [0.25, 0.3) is 11.5 Å². The van der Waals surface area contributed by atoms with Crippen LogP contribution in [0.2, 0.25) is 0 Å². The molecule has 0 spiro atoms. The lowest BCUT2D eigenvalue weighted by atomic mass is 9.89. The molecule has 3 aromatic rings. The van der Waals surface area contributed by atoms with Crippen molar-refractivity contribution >= 4 is 34.8 Å². The average Bonchev–Trinajstić information content (AvgIpc) is 3.35. The molecule has 1 aliphatic heterocycles. The fourth-order valence-corrected chi connectivity index (χ4v) is 5.00. The van der Waals surface area contributed by atoms with E-state index < -0.39 is 11.7 Å². The number of imidazole rings is 1. The minimum Gasteiger partial charge on any atom is -0.443 e. The zero-order chi connectivity index (χ0) is 29.3. The molecule has 2 amide bonds. The fraction of sp³-hybridized carbons (Fsp3) is 0.536. The molecule has 0 bridgehead atoms. The van der Waals surface area contributed by atoms with Crippen molar-refractivity contribution in [3.8, 4) is 0 Å². The molecule has 1 saturated heterocycles. The summed E-state index contributed by atoms with van der Waals surface area (Å²) in [5.74, 6) is -0.128. The van der Waals surface area contributed by atoms with E-state index in [9.17, 15) is 14.4 Å². The van der Waals surface area contributed by atoms with Crippen LogP contribution in [0.4, 0.5) is 22.0 Å². The van der Waals surface area contributed by atoms with E-state index >= 15 is 0 Å². The number of amides is 2. The van der Waals surface area contributed by atoms with Crippen LogP contribution in [-0.4, -0.2) is 76.3 Å². The molecular weight excluding hydrogens is 530 g/mol. The van der Waals surface area contributed by atoms with Gasteiger partial charge in [-0.25, -0.2) is 14.3 Å². The number of carbonyl (C=O) groups excluding carboxylic acids is 2. The molecule has 2 aliphatic rings. The lowest BCUT2D eigenvalue weighted by molar-refractivity contribution is 0.00718. The second kappa shape index (κ2) is 11.5. The van der Waals surface area contributed by atoms with E-state index in [0.29, 0.717) is 24.6 Å². The normalized spacial score (nSPS) is 19.4. The van der Waals surface area contributed by atoms with Gasteiger partial charge in [-0.1, -0.05) is 0 Å². The summed E-state index contributed by atoms with van der Waals surface area (Å²) in [6, 6.07) is 4.99. The highest BCUT2D eigenvalue weighted by molar-refractivity contribution is 5.96. The maximum Gasteiger partial charge on any atom is 0.414 e. The van der Waals surface area contributed by atoms with Crippen molar-refractivity contribution in [3.63, 3.8) is 0 Å². The molecular formula is C28H37N7O6. The van der Waals surface area contributed by atoms with Gasteiger partial charge in [0.15, 0.2) is 17.2 Å². The molecule has 1 unspecified atom stereocenters. The number of fused-ring (bicyclic) bond motifs is 1. The maximum absolute atomic E-state index is 13.4. The van der Waals surface area contributed by atoms with Gasteiger partial charge in [0.05, 0.1) is 24.0 Å².